The molecule has 1 aromatic heterocycles. The van der Waals surface area contributed by atoms with Crippen LogP contribution < -0.4 is 0 Å². The van der Waals surface area contributed by atoms with Crippen LogP contribution in [0, 0.1) is 5.38 Å². The summed E-state index contributed by atoms with van der Waals surface area (Å²) in [5.74, 6) is 0. The van der Waals surface area contributed by atoms with Gasteiger partial charge < -0.3 is 11.3 Å². The molecule has 0 atom stereocenters. The number of hydrogen-bond donors (Lipinski definition) is 0. The zero-order valence-electron chi connectivity index (χ0n) is 2.96. The van der Waals surface area contributed by atoms with Crippen molar-refractivity contribution in [2.45, 2.75) is 0 Å². The summed E-state index contributed by atoms with van der Waals surface area (Å²) in [6.07, 6.45) is 0. The van der Waals surface area contributed by atoms with E-state index in [1.54, 1.807) is 11.3 Å². The number of rotatable bonds is 0. The summed E-state index contributed by atoms with van der Waals surface area (Å²) in [6, 6.07) is 3.86. The molecule has 0 fully saturated rings. The Balaban J connectivity index is 0.000000250. The van der Waals surface area contributed by atoms with Crippen molar-refractivity contribution in [1.82, 2.24) is 0 Å². The van der Waals surface area contributed by atoms with Crippen molar-refractivity contribution < 1.29 is 21.1 Å². The molecule has 0 aliphatic heterocycles. The van der Waals surface area contributed by atoms with E-state index in [1.165, 1.54) is 0 Å². The Kier molecular flexibility index (Phi) is 3.81. The SMILES string of the molecule is [Pt].[c-]1cccs1. The van der Waals surface area contributed by atoms with Gasteiger partial charge >= 0.3 is 0 Å². The third-order valence-corrected chi connectivity index (χ3v) is 0.944. The van der Waals surface area contributed by atoms with Crippen molar-refractivity contribution in [3.63, 3.8) is 0 Å². The van der Waals surface area contributed by atoms with E-state index in [0.29, 0.717) is 0 Å². The average molecular weight is 278 g/mol. The van der Waals surface area contributed by atoms with Gasteiger partial charge in [0.1, 0.15) is 0 Å². The van der Waals surface area contributed by atoms with Crippen molar-refractivity contribution in [1.29, 1.82) is 0 Å². The Morgan fingerprint density at radius 3 is 2.50 bits per heavy atom. The maximum Gasteiger partial charge on any atom is 0 e. The van der Waals surface area contributed by atoms with E-state index in [9.17, 15) is 0 Å². The quantitative estimate of drug-likeness (QED) is 0.632. The maximum absolute atomic E-state index is 2.90. The molecule has 0 aliphatic rings. The first-order valence-electron chi connectivity index (χ1n) is 1.40. The van der Waals surface area contributed by atoms with Crippen LogP contribution >= 0.6 is 11.3 Å². The first-order chi connectivity index (χ1) is 2.50. The minimum atomic E-state index is 0. The summed E-state index contributed by atoms with van der Waals surface area (Å²) in [6.45, 7) is 0. The van der Waals surface area contributed by atoms with Gasteiger partial charge in [0.2, 0.25) is 0 Å². The van der Waals surface area contributed by atoms with Gasteiger partial charge in [-0.25, -0.2) is 6.07 Å². The van der Waals surface area contributed by atoms with Crippen LogP contribution in [0.25, 0.3) is 0 Å². The van der Waals surface area contributed by atoms with Crippen LogP contribution in [-0.2, 0) is 21.1 Å². The fourth-order valence-corrected chi connectivity index (χ4v) is 0.589. The molecule has 0 unspecified atom stereocenters. The molecule has 1 aromatic rings. The minimum Gasteiger partial charge on any atom is -0.304 e. The van der Waals surface area contributed by atoms with Gasteiger partial charge in [-0.15, -0.1) is 5.38 Å². The second-order valence-corrected chi connectivity index (χ2v) is 1.47. The van der Waals surface area contributed by atoms with Crippen molar-refractivity contribution in [2.24, 2.45) is 0 Å². The van der Waals surface area contributed by atoms with E-state index in [0.717, 1.165) is 0 Å². The van der Waals surface area contributed by atoms with Gasteiger partial charge in [0.05, 0.1) is 0 Å². The molecule has 1 heterocycles. The standard InChI is InChI=1S/C4H3S.Pt/c1-2-4-5-3-1;/h1-3H;/q-1;. The van der Waals surface area contributed by atoms with E-state index in [4.69, 9.17) is 0 Å². The zero-order valence-corrected chi connectivity index (χ0v) is 6.05. The molecular formula is C4H3PtS-. The largest absolute Gasteiger partial charge is 0.304 e. The Bertz CT molecular complexity index is 64.0. The smallest absolute Gasteiger partial charge is 0 e. The molecule has 0 saturated heterocycles. The normalized spacial score (nSPS) is 6.67. The maximum atomic E-state index is 2.90. The predicted molar refractivity (Wildman–Crippen MR) is 23.2 cm³/mol. The molecule has 1 rings (SSSR count). The van der Waals surface area contributed by atoms with Crippen LogP contribution in [0.1, 0.15) is 0 Å². The second kappa shape index (κ2) is 3.57. The van der Waals surface area contributed by atoms with E-state index in [2.05, 4.69) is 5.38 Å². The van der Waals surface area contributed by atoms with Crippen LogP contribution in [0.3, 0.4) is 0 Å². The molecule has 0 radical (unpaired) electrons. The Morgan fingerprint density at radius 2 is 2.33 bits per heavy atom. The average Bonchev–Trinajstić information content (AvgIpc) is 1.76. The van der Waals surface area contributed by atoms with Crippen LogP contribution in [0.4, 0.5) is 0 Å². The predicted octanol–water partition coefficient (Wildman–Crippen LogP) is 1.55. The van der Waals surface area contributed by atoms with Gasteiger partial charge in [-0.1, -0.05) is 0 Å². The molecule has 6 heavy (non-hydrogen) atoms. The first-order valence-corrected chi connectivity index (χ1v) is 2.27. The van der Waals surface area contributed by atoms with Gasteiger partial charge in [0, 0.05) is 21.1 Å². The number of thiophene rings is 1. The molecule has 2 heteroatoms. The van der Waals surface area contributed by atoms with E-state index in [1.807, 2.05) is 17.5 Å². The van der Waals surface area contributed by atoms with Gasteiger partial charge in [-0.2, -0.15) is 11.4 Å². The van der Waals surface area contributed by atoms with Crippen molar-refractivity contribution >= 4 is 11.3 Å². The van der Waals surface area contributed by atoms with Gasteiger partial charge in [-0.05, 0) is 0 Å². The Morgan fingerprint density at radius 1 is 1.50 bits per heavy atom. The third kappa shape index (κ3) is 1.74. The summed E-state index contributed by atoms with van der Waals surface area (Å²) >= 11 is 1.59. The summed E-state index contributed by atoms with van der Waals surface area (Å²) in [7, 11) is 0. The summed E-state index contributed by atoms with van der Waals surface area (Å²) in [4.78, 5) is 0. The van der Waals surface area contributed by atoms with Crippen LogP contribution in [-0.4, -0.2) is 0 Å². The van der Waals surface area contributed by atoms with E-state index < -0.39 is 0 Å². The summed E-state index contributed by atoms with van der Waals surface area (Å²) in [5, 5.41) is 4.89. The van der Waals surface area contributed by atoms with Gasteiger partial charge in [0.25, 0.3) is 0 Å². The topological polar surface area (TPSA) is 0 Å². The zero-order chi connectivity index (χ0) is 3.54. The summed E-state index contributed by atoms with van der Waals surface area (Å²) < 4.78 is 0. The molecule has 0 saturated carbocycles. The van der Waals surface area contributed by atoms with Crippen LogP contribution in [0.5, 0.6) is 0 Å². The third-order valence-electron chi connectivity index (χ3n) is 0.379. The fraction of sp³-hybridized carbons (Fsp3) is 0. The molecular weight excluding hydrogens is 275 g/mol. The van der Waals surface area contributed by atoms with E-state index in [-0.39, 0.29) is 21.1 Å². The molecule has 0 amide bonds. The monoisotopic (exact) mass is 278 g/mol. The van der Waals surface area contributed by atoms with Gasteiger partial charge in [0.15, 0.2) is 0 Å². The molecule has 0 aliphatic carbocycles. The molecule has 0 nitrogen and oxygen atoms in total. The molecule has 0 spiro atoms. The van der Waals surface area contributed by atoms with Crippen molar-refractivity contribution in [3.05, 3.63) is 22.9 Å². The number of hydrogen-bond acceptors (Lipinski definition) is 1. The first kappa shape index (κ1) is 6.39. The summed E-state index contributed by atoms with van der Waals surface area (Å²) in [5.41, 5.74) is 0. The molecule has 0 aromatic carbocycles. The van der Waals surface area contributed by atoms with Crippen molar-refractivity contribution in [2.75, 3.05) is 0 Å². The molecule has 0 bridgehead atoms. The Hall–Kier alpha value is 0.388. The minimum absolute atomic E-state index is 0. The van der Waals surface area contributed by atoms with Crippen LogP contribution in [0.2, 0.25) is 0 Å². The van der Waals surface area contributed by atoms with Crippen LogP contribution in [0.15, 0.2) is 17.5 Å². The Labute approximate surface area is 55.5 Å². The van der Waals surface area contributed by atoms with E-state index >= 15 is 0 Å². The van der Waals surface area contributed by atoms with Gasteiger partial charge in [-0.3, -0.25) is 0 Å². The second-order valence-electron chi connectivity index (χ2n) is 0.731. The molecule has 0 N–H and O–H groups in total. The fourth-order valence-electron chi connectivity index (χ4n) is 0.196. The van der Waals surface area contributed by atoms with Crippen molar-refractivity contribution in [3.8, 4) is 0 Å². The molecule has 36 valence electrons.